The third-order valence-electron chi connectivity index (χ3n) is 7.05. The molecule has 2 aliphatic heterocycles. The minimum atomic E-state index is 0.427. The standard InChI is InChI=1S/C24H28N8/c1-15-12-31(8-7-30(15)2)18-13-32(14-18)17-10-23-20(26-11-17)6-5-19(27-23)16-3-4-21-22(9-16)29-24(25)28-21/h3-6,9-11,15,18H,7-8,12-14H2,1-2H3,(H3,25,28,29)/t15-/m0/s1. The Morgan fingerprint density at radius 1 is 0.969 bits per heavy atom. The number of benzene rings is 1. The van der Waals surface area contributed by atoms with E-state index in [4.69, 9.17) is 10.7 Å². The van der Waals surface area contributed by atoms with Gasteiger partial charge < -0.3 is 20.5 Å². The van der Waals surface area contributed by atoms with Gasteiger partial charge in [0.05, 0.1) is 39.6 Å². The van der Waals surface area contributed by atoms with E-state index in [1.54, 1.807) is 0 Å². The van der Waals surface area contributed by atoms with Crippen molar-refractivity contribution >= 4 is 33.7 Å². The number of nitrogens with zero attached hydrogens (tertiary/aromatic N) is 6. The Kier molecular flexibility index (Phi) is 4.51. The van der Waals surface area contributed by atoms with E-state index in [9.17, 15) is 0 Å². The Hall–Kier alpha value is -3.23. The summed E-state index contributed by atoms with van der Waals surface area (Å²) in [5.41, 5.74) is 12.5. The molecule has 5 heterocycles. The maximum absolute atomic E-state index is 5.79. The molecule has 0 bridgehead atoms. The molecule has 0 amide bonds. The van der Waals surface area contributed by atoms with Crippen molar-refractivity contribution in [1.82, 2.24) is 29.7 Å². The molecule has 2 aliphatic rings. The van der Waals surface area contributed by atoms with Gasteiger partial charge in [-0.1, -0.05) is 6.07 Å². The number of pyridine rings is 2. The first kappa shape index (κ1) is 19.5. The molecule has 0 radical (unpaired) electrons. The number of nitrogen functional groups attached to an aromatic ring is 1. The summed E-state index contributed by atoms with van der Waals surface area (Å²) in [6, 6.07) is 13.5. The Morgan fingerprint density at radius 3 is 2.66 bits per heavy atom. The van der Waals surface area contributed by atoms with Crippen LogP contribution < -0.4 is 10.6 Å². The number of aromatic nitrogens is 4. The van der Waals surface area contributed by atoms with Crippen molar-refractivity contribution < 1.29 is 0 Å². The number of rotatable bonds is 3. The summed E-state index contributed by atoms with van der Waals surface area (Å²) in [5.74, 6) is 0.427. The molecule has 2 saturated heterocycles. The zero-order valence-electron chi connectivity index (χ0n) is 18.5. The van der Waals surface area contributed by atoms with Crippen molar-refractivity contribution in [3.05, 3.63) is 42.6 Å². The highest BCUT2D eigenvalue weighted by Crippen LogP contribution is 2.29. The summed E-state index contributed by atoms with van der Waals surface area (Å²) in [5, 5.41) is 0. The third-order valence-corrected chi connectivity index (χ3v) is 7.05. The lowest BCUT2D eigenvalue weighted by atomic mass is 10.0. The second kappa shape index (κ2) is 7.43. The fourth-order valence-electron chi connectivity index (χ4n) is 4.82. The molecule has 1 atom stereocenters. The molecule has 1 aromatic carbocycles. The molecule has 2 fully saturated rings. The molecule has 0 aliphatic carbocycles. The number of likely N-dealkylation sites (N-methyl/N-ethyl adjacent to an activating group) is 1. The second-order valence-electron chi connectivity index (χ2n) is 9.17. The Morgan fingerprint density at radius 2 is 1.81 bits per heavy atom. The lowest BCUT2D eigenvalue weighted by molar-refractivity contribution is 0.0612. The van der Waals surface area contributed by atoms with Crippen LogP contribution >= 0.6 is 0 Å². The highest BCUT2D eigenvalue weighted by atomic mass is 15.4. The number of nitrogens with two attached hydrogens (primary N) is 1. The van der Waals surface area contributed by atoms with E-state index >= 15 is 0 Å². The van der Waals surface area contributed by atoms with Crippen molar-refractivity contribution in [2.24, 2.45) is 0 Å². The number of nitrogens with one attached hydrogen (secondary N) is 1. The van der Waals surface area contributed by atoms with Gasteiger partial charge in [-0.15, -0.1) is 0 Å². The molecular weight excluding hydrogens is 400 g/mol. The van der Waals surface area contributed by atoms with E-state index in [1.807, 2.05) is 36.5 Å². The van der Waals surface area contributed by atoms with Gasteiger partial charge in [0.25, 0.3) is 0 Å². The molecular formula is C24H28N8. The van der Waals surface area contributed by atoms with Crippen LogP contribution in [0.1, 0.15) is 6.92 Å². The largest absolute Gasteiger partial charge is 0.369 e. The van der Waals surface area contributed by atoms with Crippen molar-refractivity contribution in [3.8, 4) is 11.3 Å². The summed E-state index contributed by atoms with van der Waals surface area (Å²) in [6.45, 7) is 7.90. The molecule has 3 N–H and O–H groups in total. The monoisotopic (exact) mass is 428 g/mol. The van der Waals surface area contributed by atoms with E-state index in [2.05, 4.69) is 49.7 Å². The molecule has 164 valence electrons. The SMILES string of the molecule is C[C@H]1CN(C2CN(c3cnc4ccc(-c5ccc6nc(N)[nH]c6c5)nc4c3)C2)CCN1C. The lowest BCUT2D eigenvalue weighted by Gasteiger charge is -2.50. The van der Waals surface area contributed by atoms with Crippen LogP contribution in [0, 0.1) is 0 Å². The van der Waals surface area contributed by atoms with Crippen LogP contribution in [0.3, 0.4) is 0 Å². The number of hydrogen-bond acceptors (Lipinski definition) is 7. The topological polar surface area (TPSA) is 90.2 Å². The smallest absolute Gasteiger partial charge is 0.198 e. The van der Waals surface area contributed by atoms with Gasteiger partial charge in [-0.05, 0) is 44.3 Å². The van der Waals surface area contributed by atoms with E-state index in [0.717, 1.165) is 71.7 Å². The first-order valence-corrected chi connectivity index (χ1v) is 11.3. The average molecular weight is 429 g/mol. The number of fused-ring (bicyclic) bond motifs is 2. The Labute approximate surface area is 187 Å². The van der Waals surface area contributed by atoms with Gasteiger partial charge in [-0.2, -0.15) is 0 Å². The first-order chi connectivity index (χ1) is 15.5. The van der Waals surface area contributed by atoms with Crippen LogP contribution in [0.4, 0.5) is 11.6 Å². The van der Waals surface area contributed by atoms with Gasteiger partial charge in [-0.3, -0.25) is 9.88 Å². The quantitative estimate of drug-likeness (QED) is 0.518. The highest BCUT2D eigenvalue weighted by molar-refractivity contribution is 5.85. The zero-order valence-corrected chi connectivity index (χ0v) is 18.5. The molecule has 8 nitrogen and oxygen atoms in total. The number of H-pyrrole nitrogens is 1. The summed E-state index contributed by atoms with van der Waals surface area (Å²) in [6.07, 6.45) is 1.98. The Balaban J connectivity index is 1.22. The fourth-order valence-corrected chi connectivity index (χ4v) is 4.82. The van der Waals surface area contributed by atoms with E-state index in [1.165, 1.54) is 0 Å². The van der Waals surface area contributed by atoms with Gasteiger partial charge in [0.1, 0.15) is 0 Å². The highest BCUT2D eigenvalue weighted by Gasteiger charge is 2.35. The van der Waals surface area contributed by atoms with Crippen LogP contribution in [0.15, 0.2) is 42.6 Å². The van der Waals surface area contributed by atoms with Crippen LogP contribution in [-0.4, -0.2) is 81.6 Å². The average Bonchev–Trinajstić information content (AvgIpc) is 3.14. The first-order valence-electron chi connectivity index (χ1n) is 11.3. The maximum atomic E-state index is 5.79. The van der Waals surface area contributed by atoms with Crippen molar-refractivity contribution in [2.75, 3.05) is 50.4 Å². The minimum Gasteiger partial charge on any atom is -0.369 e. The van der Waals surface area contributed by atoms with E-state index in [-0.39, 0.29) is 0 Å². The predicted octanol–water partition coefficient (Wildman–Crippen LogP) is 2.58. The second-order valence-corrected chi connectivity index (χ2v) is 9.17. The van der Waals surface area contributed by atoms with Gasteiger partial charge in [-0.25, -0.2) is 9.97 Å². The normalized spacial score (nSPS) is 20.8. The number of imidazole rings is 1. The summed E-state index contributed by atoms with van der Waals surface area (Å²) in [4.78, 5) is 24.5. The predicted molar refractivity (Wildman–Crippen MR) is 129 cm³/mol. The molecule has 3 aromatic heterocycles. The van der Waals surface area contributed by atoms with Crippen LogP contribution in [0.25, 0.3) is 33.3 Å². The number of piperazine rings is 1. The minimum absolute atomic E-state index is 0.427. The van der Waals surface area contributed by atoms with Gasteiger partial charge in [0, 0.05) is 50.4 Å². The molecule has 0 unspecified atom stereocenters. The van der Waals surface area contributed by atoms with Gasteiger partial charge in [0.15, 0.2) is 5.95 Å². The van der Waals surface area contributed by atoms with Crippen LogP contribution in [0.5, 0.6) is 0 Å². The van der Waals surface area contributed by atoms with E-state index < -0.39 is 0 Å². The molecule has 8 heteroatoms. The van der Waals surface area contributed by atoms with Crippen molar-refractivity contribution in [2.45, 2.75) is 19.0 Å². The van der Waals surface area contributed by atoms with Crippen LogP contribution in [0.2, 0.25) is 0 Å². The number of hydrogen-bond donors (Lipinski definition) is 2. The molecule has 0 saturated carbocycles. The third kappa shape index (κ3) is 3.36. The van der Waals surface area contributed by atoms with E-state index in [0.29, 0.717) is 18.0 Å². The van der Waals surface area contributed by atoms with Crippen molar-refractivity contribution in [3.63, 3.8) is 0 Å². The number of anilines is 2. The molecule has 0 spiro atoms. The summed E-state index contributed by atoms with van der Waals surface area (Å²) < 4.78 is 0. The Bertz CT molecular complexity index is 1290. The maximum Gasteiger partial charge on any atom is 0.198 e. The summed E-state index contributed by atoms with van der Waals surface area (Å²) in [7, 11) is 2.22. The fraction of sp³-hybridized carbons (Fsp3) is 0.375. The van der Waals surface area contributed by atoms with Crippen molar-refractivity contribution in [1.29, 1.82) is 0 Å². The molecule has 32 heavy (non-hydrogen) atoms. The number of aromatic amines is 1. The lowest BCUT2D eigenvalue weighted by Crippen LogP contribution is -2.64. The van der Waals surface area contributed by atoms with Gasteiger partial charge >= 0.3 is 0 Å². The zero-order chi connectivity index (χ0) is 21.8. The van der Waals surface area contributed by atoms with Crippen LogP contribution in [-0.2, 0) is 0 Å². The van der Waals surface area contributed by atoms with Gasteiger partial charge in [0.2, 0.25) is 0 Å². The summed E-state index contributed by atoms with van der Waals surface area (Å²) >= 11 is 0. The molecule has 6 rings (SSSR count). The molecule has 4 aromatic rings.